The smallest absolute Gasteiger partial charge is 0.447 e. The van der Waals surface area contributed by atoms with Gasteiger partial charge >= 0.3 is 6.09 Å². The van der Waals surface area contributed by atoms with Gasteiger partial charge in [-0.2, -0.15) is 0 Å². The molecule has 1 aromatic carbocycles. The Morgan fingerprint density at radius 1 is 1.32 bits per heavy atom. The number of benzene rings is 1. The SMILES string of the molecule is CCOC(=O)n1nnc(CCc2ccc(Br)cc2)n1. The maximum Gasteiger partial charge on any atom is 0.453 e. The van der Waals surface area contributed by atoms with Crippen LogP contribution in [0.1, 0.15) is 18.3 Å². The first-order valence-electron chi connectivity index (χ1n) is 5.89. The number of nitrogens with zero attached hydrogens (tertiary/aromatic N) is 4. The molecule has 0 saturated carbocycles. The van der Waals surface area contributed by atoms with E-state index in [2.05, 4.69) is 31.3 Å². The molecule has 0 aliphatic rings. The molecule has 0 aliphatic heterocycles. The molecule has 6 nitrogen and oxygen atoms in total. The van der Waals surface area contributed by atoms with Crippen molar-refractivity contribution in [2.45, 2.75) is 19.8 Å². The Morgan fingerprint density at radius 3 is 2.74 bits per heavy atom. The van der Waals surface area contributed by atoms with E-state index in [9.17, 15) is 4.79 Å². The Labute approximate surface area is 118 Å². The second-order valence-electron chi connectivity index (χ2n) is 3.82. The average Bonchev–Trinajstić information content (AvgIpc) is 2.87. The third-order valence-corrected chi connectivity index (χ3v) is 2.97. The molecule has 0 spiro atoms. The van der Waals surface area contributed by atoms with Crippen molar-refractivity contribution in [2.75, 3.05) is 6.61 Å². The topological polar surface area (TPSA) is 69.9 Å². The van der Waals surface area contributed by atoms with Crippen LogP contribution >= 0.6 is 15.9 Å². The molecule has 0 unspecified atom stereocenters. The molecule has 0 N–H and O–H groups in total. The van der Waals surface area contributed by atoms with Crippen LogP contribution in [0.4, 0.5) is 4.79 Å². The van der Waals surface area contributed by atoms with Gasteiger partial charge < -0.3 is 4.74 Å². The van der Waals surface area contributed by atoms with Gasteiger partial charge in [-0.25, -0.2) is 4.79 Å². The predicted octanol–water partition coefficient (Wildman–Crippen LogP) is 2.23. The van der Waals surface area contributed by atoms with Gasteiger partial charge in [-0.3, -0.25) is 0 Å². The summed E-state index contributed by atoms with van der Waals surface area (Å²) >= 11 is 3.39. The van der Waals surface area contributed by atoms with Gasteiger partial charge in [0.1, 0.15) is 0 Å². The molecule has 0 saturated heterocycles. The standard InChI is InChI=1S/C12H13BrN4O2/c1-2-19-12(18)17-15-11(14-16-17)8-5-9-3-6-10(13)7-4-9/h3-4,6-7H,2,5,8H2,1H3. The molecule has 0 bridgehead atoms. The third-order valence-electron chi connectivity index (χ3n) is 2.44. The van der Waals surface area contributed by atoms with Crippen LogP contribution < -0.4 is 0 Å². The fourth-order valence-corrected chi connectivity index (χ4v) is 1.77. The predicted molar refractivity (Wildman–Crippen MR) is 71.8 cm³/mol. The number of carbonyl (C=O) groups is 1. The molecule has 0 radical (unpaired) electrons. The highest BCUT2D eigenvalue weighted by Gasteiger charge is 2.10. The van der Waals surface area contributed by atoms with E-state index >= 15 is 0 Å². The van der Waals surface area contributed by atoms with Gasteiger partial charge in [0.2, 0.25) is 0 Å². The molecule has 1 aromatic heterocycles. The van der Waals surface area contributed by atoms with E-state index in [1.165, 1.54) is 5.56 Å². The van der Waals surface area contributed by atoms with E-state index in [-0.39, 0.29) is 6.61 Å². The lowest BCUT2D eigenvalue weighted by Crippen LogP contribution is -2.16. The van der Waals surface area contributed by atoms with Crippen molar-refractivity contribution in [2.24, 2.45) is 0 Å². The summed E-state index contributed by atoms with van der Waals surface area (Å²) in [6.07, 6.45) is 0.813. The Balaban J connectivity index is 1.93. The summed E-state index contributed by atoms with van der Waals surface area (Å²) in [6.45, 7) is 2.01. The Kier molecular flexibility index (Phi) is 4.62. The minimum Gasteiger partial charge on any atom is -0.447 e. The summed E-state index contributed by atoms with van der Waals surface area (Å²) in [5, 5.41) is 11.5. The maximum atomic E-state index is 11.3. The highest BCUT2D eigenvalue weighted by molar-refractivity contribution is 9.10. The van der Waals surface area contributed by atoms with Crippen LogP contribution in [0.25, 0.3) is 0 Å². The number of hydrogen-bond acceptors (Lipinski definition) is 5. The van der Waals surface area contributed by atoms with Crippen LogP contribution in [0.5, 0.6) is 0 Å². The van der Waals surface area contributed by atoms with Crippen molar-refractivity contribution < 1.29 is 9.53 Å². The van der Waals surface area contributed by atoms with Crippen molar-refractivity contribution >= 4 is 22.0 Å². The van der Waals surface area contributed by atoms with E-state index in [1.807, 2.05) is 24.3 Å². The van der Waals surface area contributed by atoms with Gasteiger partial charge in [0.05, 0.1) is 6.61 Å². The third kappa shape index (κ3) is 3.85. The zero-order chi connectivity index (χ0) is 13.7. The number of aryl methyl sites for hydroxylation is 2. The number of aromatic nitrogens is 4. The monoisotopic (exact) mass is 324 g/mol. The average molecular weight is 325 g/mol. The molecule has 7 heteroatoms. The van der Waals surface area contributed by atoms with Crippen LogP contribution in [-0.2, 0) is 17.6 Å². The van der Waals surface area contributed by atoms with E-state index in [0.29, 0.717) is 12.2 Å². The first-order valence-corrected chi connectivity index (χ1v) is 6.69. The molecule has 0 fully saturated rings. The summed E-state index contributed by atoms with van der Waals surface area (Å²) in [5.41, 5.74) is 1.18. The summed E-state index contributed by atoms with van der Waals surface area (Å²) in [6, 6.07) is 8.02. The van der Waals surface area contributed by atoms with Gasteiger partial charge in [0.25, 0.3) is 0 Å². The van der Waals surface area contributed by atoms with Crippen LogP contribution in [0.15, 0.2) is 28.7 Å². The molecule has 0 atom stereocenters. The number of rotatable bonds is 4. The highest BCUT2D eigenvalue weighted by Crippen LogP contribution is 2.11. The molecule has 100 valence electrons. The molecular formula is C12H13BrN4O2. The highest BCUT2D eigenvalue weighted by atomic mass is 79.9. The lowest BCUT2D eigenvalue weighted by Gasteiger charge is -1.98. The Morgan fingerprint density at radius 2 is 2.05 bits per heavy atom. The quantitative estimate of drug-likeness (QED) is 0.862. The largest absolute Gasteiger partial charge is 0.453 e. The van der Waals surface area contributed by atoms with Crippen molar-refractivity contribution in [3.05, 3.63) is 40.1 Å². The molecule has 1 heterocycles. The van der Waals surface area contributed by atoms with Gasteiger partial charge in [0, 0.05) is 10.9 Å². The van der Waals surface area contributed by atoms with Gasteiger partial charge in [-0.05, 0) is 36.3 Å². The Bertz CT molecular complexity index is 553. The summed E-state index contributed by atoms with van der Waals surface area (Å²) in [4.78, 5) is 12.2. The van der Waals surface area contributed by atoms with E-state index < -0.39 is 6.09 Å². The first kappa shape index (κ1) is 13.7. The molecule has 2 rings (SSSR count). The van der Waals surface area contributed by atoms with E-state index in [1.54, 1.807) is 6.92 Å². The number of hydrogen-bond donors (Lipinski definition) is 0. The van der Waals surface area contributed by atoms with Crippen LogP contribution in [0, 0.1) is 0 Å². The maximum absolute atomic E-state index is 11.3. The van der Waals surface area contributed by atoms with Crippen molar-refractivity contribution in [1.29, 1.82) is 0 Å². The normalized spacial score (nSPS) is 10.4. The number of halogens is 1. The number of tetrazole rings is 1. The van der Waals surface area contributed by atoms with Gasteiger partial charge in [-0.1, -0.05) is 32.9 Å². The van der Waals surface area contributed by atoms with Crippen molar-refractivity contribution in [3.8, 4) is 0 Å². The molecule has 0 aliphatic carbocycles. The van der Waals surface area contributed by atoms with Gasteiger partial charge in [0.15, 0.2) is 5.82 Å². The van der Waals surface area contributed by atoms with Crippen LogP contribution in [0.2, 0.25) is 0 Å². The van der Waals surface area contributed by atoms with Gasteiger partial charge in [-0.15, -0.1) is 10.2 Å². The summed E-state index contributed by atoms with van der Waals surface area (Å²) < 4.78 is 5.82. The van der Waals surface area contributed by atoms with Crippen LogP contribution in [0.3, 0.4) is 0 Å². The second kappa shape index (κ2) is 6.42. The number of ether oxygens (including phenoxy) is 1. The lowest BCUT2D eigenvalue weighted by molar-refractivity contribution is 0.145. The molecular weight excluding hydrogens is 312 g/mol. The molecule has 19 heavy (non-hydrogen) atoms. The number of carbonyl (C=O) groups excluding carboxylic acids is 1. The minimum atomic E-state index is -0.607. The van der Waals surface area contributed by atoms with Crippen molar-refractivity contribution in [1.82, 2.24) is 20.2 Å². The summed E-state index contributed by atoms with van der Waals surface area (Å²) in [5.74, 6) is 0.524. The lowest BCUT2D eigenvalue weighted by atomic mass is 10.1. The first-order chi connectivity index (χ1) is 9.19. The van der Waals surface area contributed by atoms with E-state index in [4.69, 9.17) is 4.74 Å². The zero-order valence-electron chi connectivity index (χ0n) is 10.4. The fraction of sp³-hybridized carbons (Fsp3) is 0.333. The van der Waals surface area contributed by atoms with Crippen LogP contribution in [-0.4, -0.2) is 32.9 Å². The summed E-state index contributed by atoms with van der Waals surface area (Å²) in [7, 11) is 0. The zero-order valence-corrected chi connectivity index (χ0v) is 12.0. The second-order valence-corrected chi connectivity index (χ2v) is 4.74. The van der Waals surface area contributed by atoms with Crippen molar-refractivity contribution in [3.63, 3.8) is 0 Å². The molecule has 0 amide bonds. The minimum absolute atomic E-state index is 0.286. The van der Waals surface area contributed by atoms with E-state index in [0.717, 1.165) is 15.7 Å². The Hall–Kier alpha value is -1.76. The fourth-order valence-electron chi connectivity index (χ4n) is 1.51. The molecule has 2 aromatic rings.